The van der Waals surface area contributed by atoms with Gasteiger partial charge < -0.3 is 27.8 Å². The standard InChI is InChI=1S/C41H48N2O5/c1-8-45-41(44)31-13-11-30(12-14-31)37-23-32(40(48-37)27(4)5)21-29(7)35-22-33(24-43(35)34-15-9-28(6)10-16-34)38-25-42(19-20-46-38)39-18-17-36(47-39)26(2)3/h9-18,22-24,26-27,29,38H,8,19-21,25H2,1-7H3. The van der Waals surface area contributed by atoms with Gasteiger partial charge in [0.05, 0.1) is 25.3 Å². The average molecular weight is 649 g/mol. The summed E-state index contributed by atoms with van der Waals surface area (Å²) in [5.74, 6) is 4.15. The molecule has 3 aromatic heterocycles. The van der Waals surface area contributed by atoms with Crippen molar-refractivity contribution in [1.82, 2.24) is 4.57 Å². The van der Waals surface area contributed by atoms with E-state index in [0.717, 1.165) is 59.5 Å². The molecule has 4 heterocycles. The van der Waals surface area contributed by atoms with Crippen LogP contribution in [0.1, 0.15) is 110 Å². The van der Waals surface area contributed by atoms with Crippen LogP contribution in [0.5, 0.6) is 0 Å². The lowest BCUT2D eigenvalue weighted by Gasteiger charge is -2.32. The Balaban J connectivity index is 1.29. The van der Waals surface area contributed by atoms with Gasteiger partial charge in [-0.2, -0.15) is 0 Å². The minimum Gasteiger partial charge on any atom is -0.462 e. The predicted molar refractivity (Wildman–Crippen MR) is 191 cm³/mol. The van der Waals surface area contributed by atoms with E-state index in [1.54, 1.807) is 12.1 Å². The maximum Gasteiger partial charge on any atom is 0.338 e. The molecule has 0 radical (unpaired) electrons. The van der Waals surface area contributed by atoms with E-state index in [2.05, 4.69) is 106 Å². The third-order valence-electron chi connectivity index (χ3n) is 9.19. The summed E-state index contributed by atoms with van der Waals surface area (Å²) in [6.07, 6.45) is 2.99. The van der Waals surface area contributed by atoms with Crippen molar-refractivity contribution >= 4 is 11.9 Å². The highest BCUT2D eigenvalue weighted by Gasteiger charge is 2.28. The number of hydrogen-bond acceptors (Lipinski definition) is 6. The Morgan fingerprint density at radius 3 is 2.33 bits per heavy atom. The first-order chi connectivity index (χ1) is 23.1. The highest BCUT2D eigenvalue weighted by molar-refractivity contribution is 5.90. The third-order valence-corrected chi connectivity index (χ3v) is 9.19. The molecule has 0 N–H and O–H groups in total. The van der Waals surface area contributed by atoms with E-state index < -0.39 is 0 Å². The van der Waals surface area contributed by atoms with Gasteiger partial charge >= 0.3 is 5.97 Å². The number of esters is 1. The SMILES string of the molecule is CCOC(=O)c1ccc(-c2cc(CC(C)c3cc(C4CN(c5ccc(C(C)C)o5)CCO4)cn3-c3ccc(C)cc3)c(C(C)C)o2)cc1. The van der Waals surface area contributed by atoms with Crippen LogP contribution in [0.2, 0.25) is 0 Å². The molecule has 1 saturated heterocycles. The summed E-state index contributed by atoms with van der Waals surface area (Å²) in [5.41, 5.74) is 7.42. The van der Waals surface area contributed by atoms with E-state index in [1.165, 1.54) is 16.8 Å². The zero-order valence-electron chi connectivity index (χ0n) is 29.3. The first kappa shape index (κ1) is 33.4. The molecule has 1 fully saturated rings. The molecule has 1 aliphatic heterocycles. The summed E-state index contributed by atoms with van der Waals surface area (Å²) in [4.78, 5) is 14.5. The molecule has 1 aliphatic rings. The van der Waals surface area contributed by atoms with Gasteiger partial charge in [0.15, 0.2) is 5.88 Å². The van der Waals surface area contributed by atoms with Crippen molar-refractivity contribution in [3.05, 3.63) is 118 Å². The van der Waals surface area contributed by atoms with Gasteiger partial charge in [-0.15, -0.1) is 0 Å². The number of nitrogens with zero attached hydrogens (tertiary/aromatic N) is 2. The smallest absolute Gasteiger partial charge is 0.338 e. The molecule has 2 unspecified atom stereocenters. The van der Waals surface area contributed by atoms with Gasteiger partial charge in [-0.25, -0.2) is 4.79 Å². The summed E-state index contributed by atoms with van der Waals surface area (Å²) >= 11 is 0. The van der Waals surface area contributed by atoms with Crippen molar-refractivity contribution in [2.75, 3.05) is 31.2 Å². The van der Waals surface area contributed by atoms with Crippen LogP contribution in [-0.4, -0.2) is 36.8 Å². The minimum atomic E-state index is -0.315. The van der Waals surface area contributed by atoms with E-state index in [-0.39, 0.29) is 23.9 Å². The topological polar surface area (TPSA) is 70.0 Å². The monoisotopic (exact) mass is 648 g/mol. The molecule has 0 aliphatic carbocycles. The Labute approximate surface area is 284 Å². The van der Waals surface area contributed by atoms with Gasteiger partial charge in [-0.1, -0.05) is 64.4 Å². The van der Waals surface area contributed by atoms with Crippen molar-refractivity contribution in [2.45, 2.75) is 78.7 Å². The fraction of sp³-hybridized carbons (Fsp3) is 0.390. The number of furan rings is 2. The Kier molecular flexibility index (Phi) is 9.97. The number of aryl methyl sites for hydroxylation is 1. The fourth-order valence-corrected chi connectivity index (χ4v) is 6.51. The number of aromatic nitrogens is 1. The van der Waals surface area contributed by atoms with Crippen LogP contribution in [0.3, 0.4) is 0 Å². The Morgan fingerprint density at radius 1 is 0.917 bits per heavy atom. The predicted octanol–water partition coefficient (Wildman–Crippen LogP) is 9.99. The molecule has 2 atom stereocenters. The number of carbonyl (C=O) groups is 1. The van der Waals surface area contributed by atoms with Gasteiger partial charge in [0.2, 0.25) is 0 Å². The molecule has 252 valence electrons. The molecule has 0 amide bonds. The van der Waals surface area contributed by atoms with Crippen LogP contribution in [0.4, 0.5) is 5.88 Å². The number of anilines is 1. The first-order valence-electron chi connectivity index (χ1n) is 17.3. The van der Waals surface area contributed by atoms with Crippen molar-refractivity contribution in [3.63, 3.8) is 0 Å². The summed E-state index contributed by atoms with van der Waals surface area (Å²) < 4.78 is 26.6. The molecule has 7 nitrogen and oxygen atoms in total. The second-order valence-electron chi connectivity index (χ2n) is 13.6. The molecule has 2 aromatic carbocycles. The lowest BCUT2D eigenvalue weighted by Crippen LogP contribution is -2.38. The normalized spacial score (nSPS) is 15.8. The van der Waals surface area contributed by atoms with Gasteiger partial charge in [-0.05, 0) is 68.3 Å². The molecule has 0 saturated carbocycles. The van der Waals surface area contributed by atoms with E-state index in [0.29, 0.717) is 24.7 Å². The van der Waals surface area contributed by atoms with E-state index >= 15 is 0 Å². The second kappa shape index (κ2) is 14.3. The first-order valence-corrected chi connectivity index (χ1v) is 17.3. The van der Waals surface area contributed by atoms with Gasteiger partial charge in [0.1, 0.15) is 23.4 Å². The molecular weight excluding hydrogens is 600 g/mol. The lowest BCUT2D eigenvalue weighted by atomic mass is 9.94. The van der Waals surface area contributed by atoms with Crippen molar-refractivity contribution in [2.24, 2.45) is 0 Å². The number of benzene rings is 2. The van der Waals surface area contributed by atoms with Crippen molar-refractivity contribution < 1.29 is 23.1 Å². The maximum absolute atomic E-state index is 12.2. The van der Waals surface area contributed by atoms with Crippen LogP contribution in [0.15, 0.2) is 87.8 Å². The van der Waals surface area contributed by atoms with Crippen LogP contribution < -0.4 is 4.90 Å². The maximum atomic E-state index is 12.2. The van der Waals surface area contributed by atoms with Crippen LogP contribution in [0.25, 0.3) is 17.0 Å². The summed E-state index contributed by atoms with van der Waals surface area (Å²) in [6, 6.07) is 24.8. The summed E-state index contributed by atoms with van der Waals surface area (Å²) in [5, 5.41) is 0. The van der Waals surface area contributed by atoms with Crippen molar-refractivity contribution in [3.8, 4) is 17.0 Å². The molecule has 0 spiro atoms. The third kappa shape index (κ3) is 7.16. The van der Waals surface area contributed by atoms with E-state index in [1.807, 2.05) is 19.1 Å². The Morgan fingerprint density at radius 2 is 1.67 bits per heavy atom. The second-order valence-corrected chi connectivity index (χ2v) is 13.6. The van der Waals surface area contributed by atoms with E-state index in [4.69, 9.17) is 18.3 Å². The molecule has 6 rings (SSSR count). The van der Waals surface area contributed by atoms with E-state index in [9.17, 15) is 4.79 Å². The van der Waals surface area contributed by atoms with Crippen molar-refractivity contribution in [1.29, 1.82) is 0 Å². The zero-order chi connectivity index (χ0) is 33.9. The van der Waals surface area contributed by atoms with Gasteiger partial charge in [0, 0.05) is 59.1 Å². The molecule has 5 aromatic rings. The number of rotatable bonds is 11. The summed E-state index contributed by atoms with van der Waals surface area (Å²) in [7, 11) is 0. The number of carbonyl (C=O) groups excluding carboxylic acids is 1. The number of morpholine rings is 1. The molecule has 48 heavy (non-hydrogen) atoms. The zero-order valence-corrected chi connectivity index (χ0v) is 29.3. The van der Waals surface area contributed by atoms with Crippen LogP contribution in [0, 0.1) is 6.92 Å². The fourth-order valence-electron chi connectivity index (χ4n) is 6.51. The van der Waals surface area contributed by atoms with Crippen LogP contribution >= 0.6 is 0 Å². The number of hydrogen-bond donors (Lipinski definition) is 0. The summed E-state index contributed by atoms with van der Waals surface area (Å²) in [6.45, 7) is 17.4. The van der Waals surface area contributed by atoms with Gasteiger partial charge in [0.25, 0.3) is 0 Å². The lowest BCUT2D eigenvalue weighted by molar-refractivity contribution is 0.0383. The quantitative estimate of drug-likeness (QED) is 0.133. The largest absolute Gasteiger partial charge is 0.462 e. The molecule has 7 heteroatoms. The number of ether oxygens (including phenoxy) is 2. The Bertz CT molecular complexity index is 1820. The molecular formula is C41H48N2O5. The Hall–Kier alpha value is -4.49. The highest BCUT2D eigenvalue weighted by atomic mass is 16.5. The molecule has 0 bridgehead atoms. The van der Waals surface area contributed by atoms with Crippen LogP contribution in [-0.2, 0) is 15.9 Å². The van der Waals surface area contributed by atoms with Gasteiger partial charge in [-0.3, -0.25) is 0 Å². The minimum absolute atomic E-state index is 0.0756. The average Bonchev–Trinajstić information content (AvgIpc) is 3.85. The highest BCUT2D eigenvalue weighted by Crippen LogP contribution is 2.37.